The van der Waals surface area contributed by atoms with Gasteiger partial charge < -0.3 is 14.8 Å². The summed E-state index contributed by atoms with van der Waals surface area (Å²) in [5.41, 5.74) is 0.430. The molecule has 0 aliphatic rings. The van der Waals surface area contributed by atoms with Crippen molar-refractivity contribution in [2.45, 2.75) is 33.2 Å². The molecule has 20 heavy (non-hydrogen) atoms. The molecule has 0 radical (unpaired) electrons. The Balaban J connectivity index is 3.12. The number of rotatable bonds is 7. The van der Waals surface area contributed by atoms with Gasteiger partial charge in [0.15, 0.2) is 11.5 Å². The van der Waals surface area contributed by atoms with E-state index in [1.165, 1.54) is 20.3 Å². The largest absolute Gasteiger partial charge is 0.493 e. The Kier molecular flexibility index (Phi) is 5.61. The van der Waals surface area contributed by atoms with E-state index in [1.807, 2.05) is 6.92 Å². The van der Waals surface area contributed by atoms with Gasteiger partial charge in [0.25, 0.3) is 5.69 Å². The molecule has 6 nitrogen and oxygen atoms in total. The molecule has 0 saturated heterocycles. The summed E-state index contributed by atoms with van der Waals surface area (Å²) in [7, 11) is 2.96. The fourth-order valence-corrected chi connectivity index (χ4v) is 2.17. The number of nitrogens with zero attached hydrogens (tertiary/aromatic N) is 1. The lowest BCUT2D eigenvalue weighted by atomic mass is 10.0. The first-order chi connectivity index (χ1) is 9.38. The molecule has 0 bridgehead atoms. The molecular formula is C14H22N2O4. The summed E-state index contributed by atoms with van der Waals surface area (Å²) in [4.78, 5) is 10.7. The van der Waals surface area contributed by atoms with Gasteiger partial charge in [-0.15, -0.1) is 0 Å². The van der Waals surface area contributed by atoms with Crippen LogP contribution in [0.3, 0.4) is 0 Å². The summed E-state index contributed by atoms with van der Waals surface area (Å²) in [6, 6.07) is 3.11. The molecule has 0 heterocycles. The van der Waals surface area contributed by atoms with Crippen LogP contribution in [0.15, 0.2) is 12.1 Å². The van der Waals surface area contributed by atoms with E-state index in [4.69, 9.17) is 9.47 Å². The molecule has 0 amide bonds. The number of ether oxygens (including phenoxy) is 2. The van der Waals surface area contributed by atoms with Crippen molar-refractivity contribution in [1.29, 1.82) is 0 Å². The van der Waals surface area contributed by atoms with E-state index in [-0.39, 0.29) is 11.7 Å². The van der Waals surface area contributed by atoms with E-state index in [0.29, 0.717) is 23.1 Å². The van der Waals surface area contributed by atoms with Crippen LogP contribution in [-0.4, -0.2) is 25.2 Å². The molecule has 0 aromatic heterocycles. The fourth-order valence-electron chi connectivity index (χ4n) is 2.17. The number of nitro groups is 1. The maximum Gasteiger partial charge on any atom is 0.296 e. The third-order valence-electron chi connectivity index (χ3n) is 2.93. The van der Waals surface area contributed by atoms with Crippen molar-refractivity contribution < 1.29 is 14.4 Å². The van der Waals surface area contributed by atoms with Crippen molar-refractivity contribution in [3.05, 3.63) is 22.2 Å². The molecule has 0 aliphatic heterocycles. The molecule has 0 spiro atoms. The number of benzene rings is 1. The van der Waals surface area contributed by atoms with E-state index in [9.17, 15) is 10.1 Å². The molecule has 1 aromatic carbocycles. The van der Waals surface area contributed by atoms with E-state index in [2.05, 4.69) is 19.2 Å². The minimum absolute atomic E-state index is 0.0155. The van der Waals surface area contributed by atoms with Crippen molar-refractivity contribution in [2.24, 2.45) is 5.92 Å². The van der Waals surface area contributed by atoms with Crippen molar-refractivity contribution in [1.82, 2.24) is 0 Å². The Morgan fingerprint density at radius 2 is 1.75 bits per heavy atom. The average molecular weight is 282 g/mol. The lowest BCUT2D eigenvalue weighted by molar-refractivity contribution is -0.384. The molecule has 1 N–H and O–H groups in total. The van der Waals surface area contributed by atoms with E-state index >= 15 is 0 Å². The maximum atomic E-state index is 11.2. The molecule has 112 valence electrons. The number of hydrogen-bond acceptors (Lipinski definition) is 5. The second kappa shape index (κ2) is 6.98. The normalized spacial score (nSPS) is 12.1. The Labute approximate surface area is 119 Å². The number of hydrogen-bond donors (Lipinski definition) is 1. The molecular weight excluding hydrogens is 260 g/mol. The summed E-state index contributed by atoms with van der Waals surface area (Å²) in [6.07, 6.45) is 0.922. The van der Waals surface area contributed by atoms with Crippen LogP contribution in [0, 0.1) is 16.0 Å². The van der Waals surface area contributed by atoms with E-state index < -0.39 is 4.92 Å². The van der Waals surface area contributed by atoms with Gasteiger partial charge in [-0.05, 0) is 19.3 Å². The summed E-state index contributed by atoms with van der Waals surface area (Å²) in [6.45, 7) is 6.23. The second-order valence-electron chi connectivity index (χ2n) is 5.16. The fraction of sp³-hybridized carbons (Fsp3) is 0.571. The van der Waals surface area contributed by atoms with Crippen LogP contribution < -0.4 is 14.8 Å². The van der Waals surface area contributed by atoms with Crippen LogP contribution in [0.2, 0.25) is 0 Å². The van der Waals surface area contributed by atoms with Crippen LogP contribution in [0.5, 0.6) is 11.5 Å². The van der Waals surface area contributed by atoms with Gasteiger partial charge in [-0.1, -0.05) is 13.8 Å². The lowest BCUT2D eigenvalue weighted by Gasteiger charge is -2.18. The van der Waals surface area contributed by atoms with Gasteiger partial charge in [0.1, 0.15) is 5.69 Å². The van der Waals surface area contributed by atoms with E-state index in [0.717, 1.165) is 6.42 Å². The number of methoxy groups -OCH3 is 2. The van der Waals surface area contributed by atoms with Crippen molar-refractivity contribution in [2.75, 3.05) is 19.5 Å². The molecule has 0 fully saturated rings. The summed E-state index contributed by atoms with van der Waals surface area (Å²) in [5, 5.41) is 14.3. The van der Waals surface area contributed by atoms with Crippen LogP contribution in [-0.2, 0) is 0 Å². The molecule has 1 atom stereocenters. The van der Waals surface area contributed by atoms with Gasteiger partial charge in [-0.2, -0.15) is 0 Å². The lowest BCUT2D eigenvalue weighted by Crippen LogP contribution is -2.18. The van der Waals surface area contributed by atoms with E-state index in [1.54, 1.807) is 6.07 Å². The Bertz CT molecular complexity index is 474. The standard InChI is InChI=1S/C14H22N2O4/c1-9(2)6-10(3)15-11-7-13(19-4)14(20-5)8-12(11)16(17)18/h7-10,15H,6H2,1-5H3. The maximum absolute atomic E-state index is 11.2. The number of anilines is 1. The zero-order chi connectivity index (χ0) is 15.3. The highest BCUT2D eigenvalue weighted by Gasteiger charge is 2.20. The molecule has 1 rings (SSSR count). The topological polar surface area (TPSA) is 73.6 Å². The molecule has 6 heteroatoms. The summed E-state index contributed by atoms with van der Waals surface area (Å²) >= 11 is 0. The smallest absolute Gasteiger partial charge is 0.296 e. The van der Waals surface area contributed by atoms with Crippen LogP contribution >= 0.6 is 0 Å². The highest BCUT2D eigenvalue weighted by molar-refractivity contribution is 5.68. The van der Waals surface area contributed by atoms with Gasteiger partial charge in [0.05, 0.1) is 25.2 Å². The predicted molar refractivity (Wildman–Crippen MR) is 78.7 cm³/mol. The first kappa shape index (κ1) is 16.1. The van der Waals surface area contributed by atoms with Crippen molar-refractivity contribution in [3.63, 3.8) is 0 Å². The van der Waals surface area contributed by atoms with Crippen LogP contribution in [0.1, 0.15) is 27.2 Å². The molecule has 0 aliphatic carbocycles. The first-order valence-corrected chi connectivity index (χ1v) is 6.56. The highest BCUT2D eigenvalue weighted by Crippen LogP contribution is 2.38. The van der Waals surface area contributed by atoms with Crippen LogP contribution in [0.4, 0.5) is 11.4 Å². The van der Waals surface area contributed by atoms with Crippen LogP contribution in [0.25, 0.3) is 0 Å². The first-order valence-electron chi connectivity index (χ1n) is 6.56. The van der Waals surface area contributed by atoms with Gasteiger partial charge in [-0.25, -0.2) is 0 Å². The third kappa shape index (κ3) is 4.01. The van der Waals surface area contributed by atoms with Gasteiger partial charge >= 0.3 is 0 Å². The average Bonchev–Trinajstić information content (AvgIpc) is 2.36. The highest BCUT2D eigenvalue weighted by atomic mass is 16.6. The Morgan fingerprint density at radius 3 is 2.20 bits per heavy atom. The molecule has 1 unspecified atom stereocenters. The number of nitro benzene ring substituents is 1. The molecule has 1 aromatic rings. The Hall–Kier alpha value is -1.98. The minimum Gasteiger partial charge on any atom is -0.493 e. The SMILES string of the molecule is COc1cc(NC(C)CC(C)C)c([N+](=O)[O-])cc1OC. The predicted octanol–water partition coefficient (Wildman–Crippen LogP) is 3.46. The molecule has 0 saturated carbocycles. The monoisotopic (exact) mass is 282 g/mol. The zero-order valence-corrected chi connectivity index (χ0v) is 12.6. The third-order valence-corrected chi connectivity index (χ3v) is 2.93. The summed E-state index contributed by atoms with van der Waals surface area (Å²) in [5.74, 6) is 1.33. The van der Waals surface area contributed by atoms with Crippen molar-refractivity contribution in [3.8, 4) is 11.5 Å². The quantitative estimate of drug-likeness (QED) is 0.612. The van der Waals surface area contributed by atoms with Gasteiger partial charge in [0, 0.05) is 12.1 Å². The van der Waals surface area contributed by atoms with Gasteiger partial charge in [-0.3, -0.25) is 10.1 Å². The number of nitrogens with one attached hydrogen (secondary N) is 1. The Morgan fingerprint density at radius 1 is 1.20 bits per heavy atom. The minimum atomic E-state index is -0.424. The van der Waals surface area contributed by atoms with Gasteiger partial charge in [0.2, 0.25) is 0 Å². The zero-order valence-electron chi connectivity index (χ0n) is 12.6. The van der Waals surface area contributed by atoms with Crippen molar-refractivity contribution >= 4 is 11.4 Å². The summed E-state index contributed by atoms with van der Waals surface area (Å²) < 4.78 is 10.3. The second-order valence-corrected chi connectivity index (χ2v) is 5.16.